The van der Waals surface area contributed by atoms with Crippen molar-refractivity contribution in [2.24, 2.45) is 0 Å². The Kier molecular flexibility index (Phi) is 7.07. The largest absolute Gasteiger partial charge is 0.480 e. The van der Waals surface area contributed by atoms with Gasteiger partial charge in [0, 0.05) is 13.1 Å². The molecule has 0 aromatic heterocycles. The van der Waals surface area contributed by atoms with Gasteiger partial charge in [-0.15, -0.1) is 0 Å². The molecule has 3 aromatic carbocycles. The number of carbonyl (C=O) groups is 1. The van der Waals surface area contributed by atoms with E-state index in [9.17, 15) is 4.79 Å². The van der Waals surface area contributed by atoms with E-state index in [0.717, 1.165) is 28.0 Å². The molecule has 0 N–H and O–H groups in total. The van der Waals surface area contributed by atoms with Crippen molar-refractivity contribution in [2.45, 2.75) is 46.4 Å². The maximum absolute atomic E-state index is 13.5. The number of rotatable bonds is 8. The van der Waals surface area contributed by atoms with Crippen LogP contribution in [-0.2, 0) is 17.9 Å². The SMILES string of the molecule is CC[C@@H](Oc1cccc(C)c1C)C(=O)N(Cc1ccccc1)Cc1ccccc1. The van der Waals surface area contributed by atoms with Crippen molar-refractivity contribution >= 4 is 5.91 Å². The molecule has 3 rings (SSSR count). The number of ether oxygens (including phenoxy) is 1. The number of hydrogen-bond donors (Lipinski definition) is 0. The number of amides is 1. The first-order valence-corrected chi connectivity index (χ1v) is 10.2. The lowest BCUT2D eigenvalue weighted by Gasteiger charge is -2.28. The van der Waals surface area contributed by atoms with Gasteiger partial charge < -0.3 is 9.64 Å². The Morgan fingerprint density at radius 3 is 1.90 bits per heavy atom. The first-order chi connectivity index (χ1) is 14.1. The predicted molar refractivity (Wildman–Crippen MR) is 118 cm³/mol. The van der Waals surface area contributed by atoms with Gasteiger partial charge in [0.1, 0.15) is 5.75 Å². The second-order valence-corrected chi connectivity index (χ2v) is 7.38. The molecule has 0 aliphatic carbocycles. The topological polar surface area (TPSA) is 29.5 Å². The van der Waals surface area contributed by atoms with Crippen LogP contribution >= 0.6 is 0 Å². The molecule has 0 saturated heterocycles. The van der Waals surface area contributed by atoms with Crippen LogP contribution in [0.5, 0.6) is 5.75 Å². The maximum Gasteiger partial charge on any atom is 0.264 e. The van der Waals surface area contributed by atoms with E-state index in [4.69, 9.17) is 4.74 Å². The van der Waals surface area contributed by atoms with Crippen LogP contribution in [0.15, 0.2) is 78.9 Å². The molecule has 3 heteroatoms. The van der Waals surface area contributed by atoms with Gasteiger partial charge in [-0.2, -0.15) is 0 Å². The van der Waals surface area contributed by atoms with Crippen molar-refractivity contribution in [2.75, 3.05) is 0 Å². The molecule has 3 nitrogen and oxygen atoms in total. The summed E-state index contributed by atoms with van der Waals surface area (Å²) in [5, 5.41) is 0. The van der Waals surface area contributed by atoms with Gasteiger partial charge >= 0.3 is 0 Å². The molecule has 0 fully saturated rings. The van der Waals surface area contributed by atoms with E-state index in [1.807, 2.05) is 67.3 Å². The summed E-state index contributed by atoms with van der Waals surface area (Å²) in [5.41, 5.74) is 4.46. The first-order valence-electron chi connectivity index (χ1n) is 10.2. The molecule has 150 valence electrons. The molecule has 0 heterocycles. The Morgan fingerprint density at radius 1 is 0.828 bits per heavy atom. The molecule has 1 atom stereocenters. The Labute approximate surface area is 174 Å². The van der Waals surface area contributed by atoms with Crippen LogP contribution < -0.4 is 4.74 Å². The minimum atomic E-state index is -0.511. The number of carbonyl (C=O) groups excluding carboxylic acids is 1. The van der Waals surface area contributed by atoms with Gasteiger partial charge in [-0.3, -0.25) is 4.79 Å². The standard InChI is InChI=1S/C26H29NO2/c1-4-24(29-25-17-11-12-20(2)21(25)3)26(28)27(18-22-13-7-5-8-14-22)19-23-15-9-6-10-16-23/h5-17,24H,4,18-19H2,1-3H3/t24-/m1/s1. The lowest BCUT2D eigenvalue weighted by atomic mass is 10.1. The molecule has 0 aliphatic rings. The Morgan fingerprint density at radius 2 is 1.38 bits per heavy atom. The molecule has 29 heavy (non-hydrogen) atoms. The number of aryl methyl sites for hydroxylation is 1. The summed E-state index contributed by atoms with van der Waals surface area (Å²) in [7, 11) is 0. The van der Waals surface area contributed by atoms with E-state index in [2.05, 4.69) is 37.3 Å². The summed E-state index contributed by atoms with van der Waals surface area (Å²) in [6.07, 6.45) is 0.106. The molecule has 0 radical (unpaired) electrons. The van der Waals surface area contributed by atoms with Gasteiger partial charge in [0.25, 0.3) is 5.91 Å². The third kappa shape index (κ3) is 5.47. The van der Waals surface area contributed by atoms with Crippen molar-refractivity contribution < 1.29 is 9.53 Å². The average Bonchev–Trinajstić information content (AvgIpc) is 2.75. The molecule has 0 spiro atoms. The highest BCUT2D eigenvalue weighted by Crippen LogP contribution is 2.24. The average molecular weight is 388 g/mol. The molecule has 3 aromatic rings. The highest BCUT2D eigenvalue weighted by atomic mass is 16.5. The fourth-order valence-electron chi connectivity index (χ4n) is 3.34. The Hall–Kier alpha value is -3.07. The van der Waals surface area contributed by atoms with Crippen LogP contribution in [0, 0.1) is 13.8 Å². The van der Waals surface area contributed by atoms with Crippen LogP contribution in [0.3, 0.4) is 0 Å². The van der Waals surface area contributed by atoms with Crippen molar-refractivity contribution in [3.05, 3.63) is 101 Å². The van der Waals surface area contributed by atoms with Gasteiger partial charge in [-0.1, -0.05) is 79.7 Å². The van der Waals surface area contributed by atoms with Gasteiger partial charge in [-0.05, 0) is 48.6 Å². The molecule has 1 amide bonds. The van der Waals surface area contributed by atoms with E-state index >= 15 is 0 Å². The minimum Gasteiger partial charge on any atom is -0.480 e. The molecular formula is C26H29NO2. The second-order valence-electron chi connectivity index (χ2n) is 7.38. The lowest BCUT2D eigenvalue weighted by Crippen LogP contribution is -2.41. The van der Waals surface area contributed by atoms with Gasteiger partial charge in [0.15, 0.2) is 6.10 Å². The first kappa shape index (κ1) is 20.7. The minimum absolute atomic E-state index is 0.0149. The van der Waals surface area contributed by atoms with Crippen molar-refractivity contribution in [3.8, 4) is 5.75 Å². The van der Waals surface area contributed by atoms with Crippen molar-refractivity contribution in [3.63, 3.8) is 0 Å². The van der Waals surface area contributed by atoms with Crippen molar-refractivity contribution in [1.82, 2.24) is 4.90 Å². The molecular weight excluding hydrogens is 358 g/mol. The summed E-state index contributed by atoms with van der Waals surface area (Å²) >= 11 is 0. The summed E-state index contributed by atoms with van der Waals surface area (Å²) in [6.45, 7) is 7.20. The number of nitrogens with zero attached hydrogens (tertiary/aromatic N) is 1. The summed E-state index contributed by atoms with van der Waals surface area (Å²) < 4.78 is 6.20. The van der Waals surface area contributed by atoms with Crippen LogP contribution in [-0.4, -0.2) is 16.9 Å². The normalized spacial score (nSPS) is 11.7. The van der Waals surface area contributed by atoms with Crippen LogP contribution in [0.25, 0.3) is 0 Å². The third-order valence-corrected chi connectivity index (χ3v) is 5.21. The predicted octanol–water partition coefficient (Wildman–Crippen LogP) is 5.69. The summed E-state index contributed by atoms with van der Waals surface area (Å²) in [5.74, 6) is 0.797. The number of benzene rings is 3. The third-order valence-electron chi connectivity index (χ3n) is 5.21. The smallest absolute Gasteiger partial charge is 0.264 e. The molecule has 0 bridgehead atoms. The molecule has 0 unspecified atom stereocenters. The summed E-state index contributed by atoms with van der Waals surface area (Å²) in [6, 6.07) is 26.2. The second kappa shape index (κ2) is 9.92. The van der Waals surface area contributed by atoms with Gasteiger partial charge in [0.2, 0.25) is 0 Å². The quantitative estimate of drug-likeness (QED) is 0.497. The van der Waals surface area contributed by atoms with Gasteiger partial charge in [-0.25, -0.2) is 0 Å². The highest BCUT2D eigenvalue weighted by Gasteiger charge is 2.25. The Balaban J connectivity index is 1.83. The van der Waals surface area contributed by atoms with E-state index in [-0.39, 0.29) is 5.91 Å². The zero-order valence-corrected chi connectivity index (χ0v) is 17.5. The van der Waals surface area contributed by atoms with Crippen molar-refractivity contribution in [1.29, 1.82) is 0 Å². The van der Waals surface area contributed by atoms with Crippen LogP contribution in [0.1, 0.15) is 35.6 Å². The van der Waals surface area contributed by atoms with E-state index < -0.39 is 6.10 Å². The van der Waals surface area contributed by atoms with E-state index in [0.29, 0.717) is 19.5 Å². The van der Waals surface area contributed by atoms with Crippen LogP contribution in [0.2, 0.25) is 0 Å². The van der Waals surface area contributed by atoms with Crippen LogP contribution in [0.4, 0.5) is 0 Å². The van der Waals surface area contributed by atoms with E-state index in [1.54, 1.807) is 0 Å². The monoisotopic (exact) mass is 387 g/mol. The van der Waals surface area contributed by atoms with Gasteiger partial charge in [0.05, 0.1) is 0 Å². The molecule has 0 saturated carbocycles. The summed E-state index contributed by atoms with van der Waals surface area (Å²) in [4.78, 5) is 15.4. The zero-order chi connectivity index (χ0) is 20.6. The fourth-order valence-corrected chi connectivity index (χ4v) is 3.34. The maximum atomic E-state index is 13.5. The van der Waals surface area contributed by atoms with E-state index in [1.165, 1.54) is 0 Å². The lowest BCUT2D eigenvalue weighted by molar-refractivity contribution is -0.140. The zero-order valence-electron chi connectivity index (χ0n) is 17.5. The Bertz CT molecular complexity index is 880. The highest BCUT2D eigenvalue weighted by molar-refractivity contribution is 5.81. The fraction of sp³-hybridized carbons (Fsp3) is 0.269. The number of hydrogen-bond acceptors (Lipinski definition) is 2. The molecule has 0 aliphatic heterocycles.